The van der Waals surface area contributed by atoms with Crippen LogP contribution in [0.3, 0.4) is 0 Å². The number of anilines is 2. The maximum Gasteiger partial charge on any atom is 0.284 e. The van der Waals surface area contributed by atoms with Crippen LogP contribution in [-0.2, 0) is 30.3 Å². The molecule has 1 unspecified atom stereocenters. The molecule has 1 spiro atoms. The van der Waals surface area contributed by atoms with E-state index in [0.717, 1.165) is 43.5 Å². The number of hydrogen-bond donors (Lipinski definition) is 1. The van der Waals surface area contributed by atoms with Crippen LogP contribution in [0, 0.1) is 11.7 Å². The van der Waals surface area contributed by atoms with Gasteiger partial charge in [-0.05, 0) is 104 Å². The fourth-order valence-electron chi connectivity index (χ4n) is 7.68. The monoisotopic (exact) mass is 707 g/mol. The molecule has 0 bridgehead atoms. The summed E-state index contributed by atoms with van der Waals surface area (Å²) >= 11 is 0. The van der Waals surface area contributed by atoms with Crippen molar-refractivity contribution in [2.45, 2.75) is 66.7 Å². The quantitative estimate of drug-likeness (QED) is 0.374. The van der Waals surface area contributed by atoms with E-state index >= 15 is 0 Å². The van der Waals surface area contributed by atoms with E-state index in [-0.39, 0.29) is 32.9 Å². The van der Waals surface area contributed by atoms with Crippen molar-refractivity contribution in [1.82, 2.24) is 9.80 Å². The van der Waals surface area contributed by atoms with Crippen molar-refractivity contribution in [2.75, 3.05) is 36.3 Å². The highest BCUT2D eigenvalue weighted by atomic mass is 32.2. The van der Waals surface area contributed by atoms with E-state index in [4.69, 9.17) is 0 Å². The van der Waals surface area contributed by atoms with E-state index in [0.29, 0.717) is 43.9 Å². The molecule has 4 aliphatic rings. The molecule has 2 saturated heterocycles. The number of carbonyl (C=O) groups excluding carboxylic acids is 2. The molecule has 14 heteroatoms. The molecule has 1 atom stereocenters. The van der Waals surface area contributed by atoms with Crippen LogP contribution in [0.1, 0.15) is 61.4 Å². The van der Waals surface area contributed by atoms with Gasteiger partial charge in [0.15, 0.2) is 0 Å². The Morgan fingerprint density at radius 1 is 0.918 bits per heavy atom. The summed E-state index contributed by atoms with van der Waals surface area (Å²) in [5.41, 5.74) is 1.08. The van der Waals surface area contributed by atoms with Crippen LogP contribution >= 0.6 is 0 Å². The van der Waals surface area contributed by atoms with Crippen molar-refractivity contribution < 1.29 is 30.8 Å². The van der Waals surface area contributed by atoms with Gasteiger partial charge in [0.05, 0.1) is 21.5 Å². The van der Waals surface area contributed by atoms with E-state index in [1.54, 1.807) is 42.3 Å². The molecule has 11 nitrogen and oxygen atoms in total. The first kappa shape index (κ1) is 33.2. The number of piperidine rings is 1. The Kier molecular flexibility index (Phi) is 8.29. The van der Waals surface area contributed by atoms with Crippen molar-refractivity contribution in [3.63, 3.8) is 0 Å². The van der Waals surface area contributed by atoms with Crippen molar-refractivity contribution >= 4 is 49.1 Å². The first-order valence-corrected chi connectivity index (χ1v) is 19.3. The Hall–Kier alpha value is -4.30. The van der Waals surface area contributed by atoms with Gasteiger partial charge in [-0.2, -0.15) is 8.42 Å². The summed E-state index contributed by atoms with van der Waals surface area (Å²) in [5.74, 6) is -0.498. The molecular weight excluding hydrogens is 670 g/mol. The van der Waals surface area contributed by atoms with E-state index in [2.05, 4.69) is 9.71 Å². The van der Waals surface area contributed by atoms with Crippen molar-refractivity contribution in [2.24, 2.45) is 10.3 Å². The SMILES string of the molecule is CC(=O)N1CCC2(CC1)c1cc(C(=O)Nc3cccc(S(=O)(=O)N=C4CCCN4C)c3)ccc1N(S(=O)(=O)c1ccc(F)cc1)C2C1CC1. The number of halogens is 1. The summed E-state index contributed by atoms with van der Waals surface area (Å²) in [5, 5.41) is 2.81. The van der Waals surface area contributed by atoms with E-state index in [1.807, 2.05) is 4.90 Å². The topological polar surface area (TPSA) is 137 Å². The number of carbonyl (C=O) groups is 2. The number of hydrogen-bond acceptors (Lipinski definition) is 6. The van der Waals surface area contributed by atoms with Crippen LogP contribution in [0.5, 0.6) is 0 Å². The average molecular weight is 708 g/mol. The number of fused-ring (bicyclic) bond motifs is 2. The smallest absolute Gasteiger partial charge is 0.284 e. The summed E-state index contributed by atoms with van der Waals surface area (Å²) in [7, 11) is -6.33. The molecule has 3 aromatic carbocycles. The third kappa shape index (κ3) is 5.98. The van der Waals surface area contributed by atoms with Crippen LogP contribution < -0.4 is 9.62 Å². The average Bonchev–Trinajstić information content (AvgIpc) is 3.78. The van der Waals surface area contributed by atoms with Gasteiger partial charge in [-0.25, -0.2) is 12.8 Å². The van der Waals surface area contributed by atoms with Crippen molar-refractivity contribution in [3.8, 4) is 0 Å². The van der Waals surface area contributed by atoms with Gasteiger partial charge < -0.3 is 15.1 Å². The minimum atomic E-state index is -4.13. The molecule has 2 amide bonds. The summed E-state index contributed by atoms with van der Waals surface area (Å²) < 4.78 is 74.2. The van der Waals surface area contributed by atoms with Crippen LogP contribution in [0.15, 0.2) is 80.9 Å². The van der Waals surface area contributed by atoms with Gasteiger partial charge in [-0.15, -0.1) is 4.40 Å². The van der Waals surface area contributed by atoms with Gasteiger partial charge >= 0.3 is 0 Å². The molecule has 49 heavy (non-hydrogen) atoms. The van der Waals surface area contributed by atoms with Crippen LogP contribution in [0.2, 0.25) is 0 Å². The lowest BCUT2D eigenvalue weighted by Crippen LogP contribution is -2.54. The second kappa shape index (κ2) is 12.2. The van der Waals surface area contributed by atoms with Crippen LogP contribution in [0.25, 0.3) is 0 Å². The first-order chi connectivity index (χ1) is 23.3. The maximum atomic E-state index is 14.3. The predicted octanol–water partition coefficient (Wildman–Crippen LogP) is 4.76. The number of amides is 2. The Morgan fingerprint density at radius 2 is 1.63 bits per heavy atom. The Bertz CT molecular complexity index is 2070. The number of nitrogens with zero attached hydrogens (tertiary/aromatic N) is 4. The number of sulfonamides is 2. The Labute approximate surface area is 285 Å². The standard InChI is InChI=1S/C35H38FN5O6S2/c1-23(42)40-19-16-35(17-20-40)30-21-25(34(43)37-27-5-3-6-29(22-27)48(44,45)38-32-7-4-18-39(32)2)10-15-31(30)41(33(35)24-8-9-24)49(46,47)28-13-11-26(36)12-14-28/h3,5-6,10-15,21-22,24,33H,4,7-9,16-20H2,1-2H3,(H,37,43). The zero-order valence-corrected chi connectivity index (χ0v) is 28.9. The number of benzene rings is 3. The zero-order chi connectivity index (χ0) is 34.7. The highest BCUT2D eigenvalue weighted by Crippen LogP contribution is 2.59. The largest absolute Gasteiger partial charge is 0.362 e. The zero-order valence-electron chi connectivity index (χ0n) is 27.3. The molecule has 3 aliphatic heterocycles. The number of amidine groups is 1. The molecule has 258 valence electrons. The van der Waals surface area contributed by atoms with Crippen molar-refractivity contribution in [3.05, 3.63) is 83.7 Å². The minimum Gasteiger partial charge on any atom is -0.362 e. The molecule has 3 fully saturated rings. The third-order valence-corrected chi connectivity index (χ3v) is 13.5. The highest BCUT2D eigenvalue weighted by Gasteiger charge is 2.60. The highest BCUT2D eigenvalue weighted by molar-refractivity contribution is 7.93. The molecule has 3 aromatic rings. The van der Waals surface area contributed by atoms with Gasteiger partial charge in [-0.3, -0.25) is 13.9 Å². The molecule has 1 N–H and O–H groups in total. The predicted molar refractivity (Wildman–Crippen MR) is 183 cm³/mol. The second-order valence-electron chi connectivity index (χ2n) is 13.4. The fraction of sp³-hybridized carbons (Fsp3) is 0.400. The van der Waals surface area contributed by atoms with Gasteiger partial charge in [-0.1, -0.05) is 6.07 Å². The second-order valence-corrected chi connectivity index (χ2v) is 16.8. The van der Waals surface area contributed by atoms with E-state index in [1.165, 1.54) is 35.5 Å². The van der Waals surface area contributed by atoms with Gasteiger partial charge in [0.2, 0.25) is 5.91 Å². The molecule has 0 radical (unpaired) electrons. The summed E-state index contributed by atoms with van der Waals surface area (Å²) in [6.07, 6.45) is 4.12. The molecule has 7 rings (SSSR count). The Balaban J connectivity index is 1.25. The molecule has 3 heterocycles. The van der Waals surface area contributed by atoms with Crippen LogP contribution in [0.4, 0.5) is 15.8 Å². The van der Waals surface area contributed by atoms with Gasteiger partial charge in [0.25, 0.3) is 26.0 Å². The molecular formula is C35H38FN5O6S2. The number of rotatable bonds is 7. The summed E-state index contributed by atoms with van der Waals surface area (Å²) in [6.45, 7) is 3.14. The van der Waals surface area contributed by atoms with E-state index < -0.39 is 43.2 Å². The third-order valence-electron chi connectivity index (χ3n) is 10.3. The summed E-state index contributed by atoms with van der Waals surface area (Å²) in [6, 6.07) is 15.3. The normalized spacial score (nSPS) is 21.3. The van der Waals surface area contributed by atoms with E-state index in [9.17, 15) is 30.8 Å². The van der Waals surface area contributed by atoms with Crippen molar-refractivity contribution in [1.29, 1.82) is 0 Å². The fourth-order valence-corrected chi connectivity index (χ4v) is 10.6. The molecule has 0 aromatic heterocycles. The number of nitrogens with one attached hydrogen (secondary N) is 1. The van der Waals surface area contributed by atoms with Gasteiger partial charge in [0, 0.05) is 56.7 Å². The number of likely N-dealkylation sites (tertiary alicyclic amines) is 2. The molecule has 1 aliphatic carbocycles. The summed E-state index contributed by atoms with van der Waals surface area (Å²) in [4.78, 5) is 29.6. The van der Waals surface area contributed by atoms with Gasteiger partial charge in [0.1, 0.15) is 11.7 Å². The lowest BCUT2D eigenvalue weighted by Gasteiger charge is -2.45. The minimum absolute atomic E-state index is 0.0231. The lowest BCUT2D eigenvalue weighted by atomic mass is 9.68. The lowest BCUT2D eigenvalue weighted by molar-refractivity contribution is -0.130. The first-order valence-electron chi connectivity index (χ1n) is 16.5. The Morgan fingerprint density at radius 3 is 2.27 bits per heavy atom. The molecule has 1 saturated carbocycles. The maximum absolute atomic E-state index is 14.3. The van der Waals surface area contributed by atoms with Crippen LogP contribution in [-0.4, -0.2) is 77.0 Å².